The van der Waals surface area contributed by atoms with Gasteiger partial charge in [-0.3, -0.25) is 9.97 Å². The standard InChI is InChI=1S/C16H14ClN5/c17-15-8-16(22-11-21-15)20-9-13-3-1-12(2-4-13)7-14-10-18-5-6-19-14/h1-6,8,10-11H,7,9H2,(H,20,21,22). The van der Waals surface area contributed by atoms with Crippen LogP contribution in [0.15, 0.2) is 55.2 Å². The van der Waals surface area contributed by atoms with E-state index in [4.69, 9.17) is 11.6 Å². The lowest BCUT2D eigenvalue weighted by molar-refractivity contribution is 1.02. The largest absolute Gasteiger partial charge is 0.366 e. The summed E-state index contributed by atoms with van der Waals surface area (Å²) in [5, 5.41) is 3.64. The number of aromatic nitrogens is 4. The second-order valence-electron chi connectivity index (χ2n) is 4.77. The summed E-state index contributed by atoms with van der Waals surface area (Å²) >= 11 is 5.82. The molecule has 2 heterocycles. The molecule has 0 aliphatic carbocycles. The molecule has 0 fully saturated rings. The molecule has 6 heteroatoms. The van der Waals surface area contributed by atoms with Gasteiger partial charge in [0.25, 0.3) is 0 Å². The zero-order valence-corrected chi connectivity index (χ0v) is 12.5. The number of nitrogens with one attached hydrogen (secondary N) is 1. The van der Waals surface area contributed by atoms with E-state index in [0.29, 0.717) is 17.5 Å². The highest BCUT2D eigenvalue weighted by molar-refractivity contribution is 6.29. The Hall–Kier alpha value is -2.53. The SMILES string of the molecule is Clc1cc(NCc2ccc(Cc3cnccn3)cc2)ncn1. The van der Waals surface area contributed by atoms with Crippen LogP contribution in [0.1, 0.15) is 16.8 Å². The molecule has 0 radical (unpaired) electrons. The van der Waals surface area contributed by atoms with Crippen LogP contribution < -0.4 is 5.32 Å². The van der Waals surface area contributed by atoms with E-state index in [1.165, 1.54) is 11.9 Å². The average molecular weight is 312 g/mol. The topological polar surface area (TPSA) is 63.6 Å². The van der Waals surface area contributed by atoms with Crippen LogP contribution in [-0.2, 0) is 13.0 Å². The summed E-state index contributed by atoms with van der Waals surface area (Å²) in [4.78, 5) is 16.3. The van der Waals surface area contributed by atoms with Crippen molar-refractivity contribution >= 4 is 17.4 Å². The van der Waals surface area contributed by atoms with Crippen molar-refractivity contribution in [3.05, 3.63) is 77.2 Å². The Morgan fingerprint density at radius 3 is 2.50 bits per heavy atom. The van der Waals surface area contributed by atoms with Crippen molar-refractivity contribution < 1.29 is 0 Å². The zero-order valence-electron chi connectivity index (χ0n) is 11.8. The molecule has 0 amide bonds. The van der Waals surface area contributed by atoms with Gasteiger partial charge in [-0.25, -0.2) is 9.97 Å². The molecule has 0 spiro atoms. The molecule has 1 aromatic carbocycles. The molecule has 0 saturated carbocycles. The predicted molar refractivity (Wildman–Crippen MR) is 85.6 cm³/mol. The van der Waals surface area contributed by atoms with Gasteiger partial charge in [0.15, 0.2) is 0 Å². The minimum Gasteiger partial charge on any atom is -0.366 e. The molecule has 2 aromatic heterocycles. The minimum atomic E-state index is 0.428. The van der Waals surface area contributed by atoms with Gasteiger partial charge in [-0.15, -0.1) is 0 Å². The quantitative estimate of drug-likeness (QED) is 0.733. The molecule has 0 aliphatic heterocycles. The maximum atomic E-state index is 5.82. The maximum absolute atomic E-state index is 5.82. The second kappa shape index (κ2) is 6.95. The van der Waals surface area contributed by atoms with Crippen molar-refractivity contribution in [3.63, 3.8) is 0 Å². The number of hydrogen-bond donors (Lipinski definition) is 1. The number of hydrogen-bond acceptors (Lipinski definition) is 5. The van der Waals surface area contributed by atoms with Gasteiger partial charge >= 0.3 is 0 Å². The van der Waals surface area contributed by atoms with Crippen molar-refractivity contribution in [1.82, 2.24) is 19.9 Å². The van der Waals surface area contributed by atoms with Crippen molar-refractivity contribution in [1.29, 1.82) is 0 Å². The monoisotopic (exact) mass is 311 g/mol. The molecule has 0 atom stereocenters. The fourth-order valence-corrected chi connectivity index (χ4v) is 2.18. The van der Waals surface area contributed by atoms with E-state index >= 15 is 0 Å². The number of anilines is 1. The van der Waals surface area contributed by atoms with Crippen LogP contribution in [0.25, 0.3) is 0 Å². The molecule has 0 saturated heterocycles. The third-order valence-electron chi connectivity index (χ3n) is 3.13. The van der Waals surface area contributed by atoms with Gasteiger partial charge in [-0.05, 0) is 11.1 Å². The van der Waals surface area contributed by atoms with E-state index in [-0.39, 0.29) is 0 Å². The van der Waals surface area contributed by atoms with Crippen LogP contribution in [0.5, 0.6) is 0 Å². The molecule has 1 N–H and O–H groups in total. The molecule has 3 rings (SSSR count). The molecule has 0 unspecified atom stereocenters. The Bertz CT molecular complexity index is 731. The highest BCUT2D eigenvalue weighted by Gasteiger charge is 2.00. The third kappa shape index (κ3) is 3.99. The lowest BCUT2D eigenvalue weighted by Gasteiger charge is -2.07. The molecule has 5 nitrogen and oxygen atoms in total. The summed E-state index contributed by atoms with van der Waals surface area (Å²) in [6.45, 7) is 0.679. The third-order valence-corrected chi connectivity index (χ3v) is 3.34. The number of halogens is 1. The van der Waals surface area contributed by atoms with Gasteiger partial charge in [-0.1, -0.05) is 35.9 Å². The van der Waals surface area contributed by atoms with E-state index in [1.807, 2.05) is 0 Å². The summed E-state index contributed by atoms with van der Waals surface area (Å²) in [7, 11) is 0. The Balaban J connectivity index is 1.60. The van der Waals surface area contributed by atoms with Crippen LogP contribution in [-0.4, -0.2) is 19.9 Å². The Morgan fingerprint density at radius 1 is 0.955 bits per heavy atom. The van der Waals surface area contributed by atoms with Gasteiger partial charge < -0.3 is 5.32 Å². The molecule has 0 aliphatic rings. The molecule has 22 heavy (non-hydrogen) atoms. The van der Waals surface area contributed by atoms with E-state index in [1.54, 1.807) is 24.7 Å². The first-order valence-corrected chi connectivity index (χ1v) is 7.21. The first kappa shape index (κ1) is 14.4. The molecular formula is C16H14ClN5. The highest BCUT2D eigenvalue weighted by Crippen LogP contribution is 2.12. The predicted octanol–water partition coefficient (Wildman–Crippen LogP) is 3.12. The van der Waals surface area contributed by atoms with E-state index < -0.39 is 0 Å². The van der Waals surface area contributed by atoms with Gasteiger partial charge in [0.1, 0.15) is 17.3 Å². The van der Waals surface area contributed by atoms with Gasteiger partial charge in [0.05, 0.1) is 5.69 Å². The number of nitrogens with zero attached hydrogens (tertiary/aromatic N) is 4. The fraction of sp³-hybridized carbons (Fsp3) is 0.125. The summed E-state index contributed by atoms with van der Waals surface area (Å²) in [5.74, 6) is 0.712. The van der Waals surface area contributed by atoms with E-state index in [9.17, 15) is 0 Å². The van der Waals surface area contributed by atoms with Crippen LogP contribution in [0.3, 0.4) is 0 Å². The molecule has 110 valence electrons. The van der Waals surface area contributed by atoms with Crippen LogP contribution >= 0.6 is 11.6 Å². The van der Waals surface area contributed by atoms with Crippen molar-refractivity contribution in [2.45, 2.75) is 13.0 Å². The smallest absolute Gasteiger partial charge is 0.134 e. The van der Waals surface area contributed by atoms with E-state index in [2.05, 4.69) is 49.5 Å². The first-order valence-electron chi connectivity index (χ1n) is 6.84. The Morgan fingerprint density at radius 2 is 1.77 bits per heavy atom. The van der Waals surface area contributed by atoms with E-state index in [0.717, 1.165) is 17.7 Å². The minimum absolute atomic E-state index is 0.428. The van der Waals surface area contributed by atoms with Crippen molar-refractivity contribution in [3.8, 4) is 0 Å². The normalized spacial score (nSPS) is 10.4. The van der Waals surface area contributed by atoms with Crippen LogP contribution in [0.2, 0.25) is 5.15 Å². The zero-order chi connectivity index (χ0) is 15.2. The second-order valence-corrected chi connectivity index (χ2v) is 5.16. The molecule has 3 aromatic rings. The van der Waals surface area contributed by atoms with Gasteiger partial charge in [-0.2, -0.15) is 0 Å². The Kier molecular flexibility index (Phi) is 4.56. The van der Waals surface area contributed by atoms with Gasteiger partial charge in [0, 0.05) is 37.6 Å². The van der Waals surface area contributed by atoms with Crippen LogP contribution in [0, 0.1) is 0 Å². The number of rotatable bonds is 5. The molecular weight excluding hydrogens is 298 g/mol. The van der Waals surface area contributed by atoms with Crippen molar-refractivity contribution in [2.24, 2.45) is 0 Å². The highest BCUT2D eigenvalue weighted by atomic mass is 35.5. The fourth-order valence-electron chi connectivity index (χ4n) is 2.03. The Labute approximate surface area is 133 Å². The average Bonchev–Trinajstić information content (AvgIpc) is 2.55. The summed E-state index contributed by atoms with van der Waals surface area (Å²) in [5.41, 5.74) is 3.33. The lowest BCUT2D eigenvalue weighted by Crippen LogP contribution is -2.02. The first-order chi connectivity index (χ1) is 10.8. The lowest BCUT2D eigenvalue weighted by atomic mass is 10.1. The summed E-state index contributed by atoms with van der Waals surface area (Å²) in [6, 6.07) is 10.1. The van der Waals surface area contributed by atoms with Crippen LogP contribution in [0.4, 0.5) is 5.82 Å². The van der Waals surface area contributed by atoms with Crippen molar-refractivity contribution in [2.75, 3.05) is 5.32 Å². The molecule has 0 bridgehead atoms. The summed E-state index contributed by atoms with van der Waals surface area (Å²) < 4.78 is 0. The summed E-state index contributed by atoms with van der Waals surface area (Å²) in [6.07, 6.45) is 7.39. The number of benzene rings is 1. The van der Waals surface area contributed by atoms with Gasteiger partial charge in [0.2, 0.25) is 0 Å². The maximum Gasteiger partial charge on any atom is 0.134 e.